The van der Waals surface area contributed by atoms with Gasteiger partial charge in [-0.25, -0.2) is 0 Å². The van der Waals surface area contributed by atoms with Crippen molar-refractivity contribution in [2.45, 2.75) is 19.6 Å². The molecular formula is C11H13NO. The van der Waals surface area contributed by atoms with Crippen LogP contribution in [-0.4, -0.2) is 11.2 Å². The monoisotopic (exact) mass is 175 g/mol. The first-order chi connectivity index (χ1) is 6.22. The quantitative estimate of drug-likeness (QED) is 0.622. The lowest BCUT2D eigenvalue weighted by molar-refractivity contribution is 0.253. The molecule has 13 heavy (non-hydrogen) atoms. The number of benzene rings is 1. The van der Waals surface area contributed by atoms with Crippen LogP contribution in [-0.2, 0) is 6.54 Å². The van der Waals surface area contributed by atoms with E-state index in [4.69, 9.17) is 10.8 Å². The summed E-state index contributed by atoms with van der Waals surface area (Å²) in [6, 6.07) is 7.67. The standard InChI is InChI=1S/C11H13NO/c1-9(13)2-3-10-4-6-11(8-12)7-5-10/h4-7,9,13H,8,12H2,1H3/t9-/m0/s1. The maximum Gasteiger partial charge on any atom is 0.112 e. The highest BCUT2D eigenvalue weighted by molar-refractivity contribution is 5.36. The van der Waals surface area contributed by atoms with E-state index in [1.54, 1.807) is 6.92 Å². The van der Waals surface area contributed by atoms with Crippen molar-refractivity contribution < 1.29 is 5.11 Å². The molecule has 1 atom stereocenters. The Labute approximate surface area is 78.4 Å². The van der Waals surface area contributed by atoms with Gasteiger partial charge in [-0.05, 0) is 24.6 Å². The maximum atomic E-state index is 8.92. The average molecular weight is 175 g/mol. The minimum absolute atomic E-state index is 0.546. The summed E-state index contributed by atoms with van der Waals surface area (Å²) in [6.45, 7) is 2.19. The molecule has 0 fully saturated rings. The third kappa shape index (κ3) is 3.29. The maximum absolute atomic E-state index is 8.92. The van der Waals surface area contributed by atoms with E-state index in [1.807, 2.05) is 24.3 Å². The van der Waals surface area contributed by atoms with E-state index in [1.165, 1.54) is 0 Å². The Bertz CT molecular complexity index is 316. The molecule has 0 aliphatic carbocycles. The zero-order valence-corrected chi connectivity index (χ0v) is 7.62. The number of hydrogen-bond acceptors (Lipinski definition) is 2. The van der Waals surface area contributed by atoms with Crippen molar-refractivity contribution in [2.75, 3.05) is 0 Å². The van der Waals surface area contributed by atoms with Crippen molar-refractivity contribution in [3.63, 3.8) is 0 Å². The summed E-state index contributed by atoms with van der Waals surface area (Å²) in [5.41, 5.74) is 7.43. The Morgan fingerprint density at radius 2 is 2.00 bits per heavy atom. The lowest BCUT2D eigenvalue weighted by Gasteiger charge is -1.95. The normalized spacial score (nSPS) is 11.6. The molecule has 0 bridgehead atoms. The van der Waals surface area contributed by atoms with Crippen molar-refractivity contribution in [3.8, 4) is 11.8 Å². The second-order valence-corrected chi connectivity index (χ2v) is 2.85. The van der Waals surface area contributed by atoms with Crippen molar-refractivity contribution in [3.05, 3.63) is 35.4 Å². The predicted molar refractivity (Wildman–Crippen MR) is 52.9 cm³/mol. The molecule has 0 radical (unpaired) electrons. The van der Waals surface area contributed by atoms with Crippen LogP contribution >= 0.6 is 0 Å². The van der Waals surface area contributed by atoms with Gasteiger partial charge in [0.05, 0.1) is 0 Å². The molecule has 0 heterocycles. The van der Waals surface area contributed by atoms with E-state index in [9.17, 15) is 0 Å². The van der Waals surface area contributed by atoms with Gasteiger partial charge < -0.3 is 10.8 Å². The van der Waals surface area contributed by atoms with Gasteiger partial charge in [0.15, 0.2) is 0 Å². The highest BCUT2D eigenvalue weighted by atomic mass is 16.3. The molecule has 3 N–H and O–H groups in total. The van der Waals surface area contributed by atoms with Crippen molar-refractivity contribution >= 4 is 0 Å². The van der Waals surface area contributed by atoms with Gasteiger partial charge in [-0.15, -0.1) is 0 Å². The fraction of sp³-hybridized carbons (Fsp3) is 0.273. The number of aliphatic hydroxyl groups is 1. The Morgan fingerprint density at radius 1 is 1.38 bits per heavy atom. The van der Waals surface area contributed by atoms with Gasteiger partial charge in [0.25, 0.3) is 0 Å². The third-order valence-electron chi connectivity index (χ3n) is 1.62. The first kappa shape index (κ1) is 9.79. The molecule has 0 unspecified atom stereocenters. The fourth-order valence-corrected chi connectivity index (χ4v) is 0.912. The molecule has 0 saturated carbocycles. The van der Waals surface area contributed by atoms with Crippen molar-refractivity contribution in [1.82, 2.24) is 0 Å². The van der Waals surface area contributed by atoms with Gasteiger partial charge in [0.2, 0.25) is 0 Å². The molecule has 0 amide bonds. The molecule has 0 saturated heterocycles. The highest BCUT2D eigenvalue weighted by Crippen LogP contribution is 2.01. The Kier molecular flexibility index (Phi) is 3.51. The Hall–Kier alpha value is -1.30. The third-order valence-corrected chi connectivity index (χ3v) is 1.62. The van der Waals surface area contributed by atoms with Crippen LogP contribution in [0.5, 0.6) is 0 Å². The van der Waals surface area contributed by atoms with Crippen LogP contribution in [0.2, 0.25) is 0 Å². The Balaban J connectivity index is 2.77. The van der Waals surface area contributed by atoms with E-state index in [-0.39, 0.29) is 0 Å². The molecule has 0 aromatic heterocycles. The van der Waals surface area contributed by atoms with Crippen molar-refractivity contribution in [2.24, 2.45) is 5.73 Å². The largest absolute Gasteiger partial charge is 0.381 e. The molecule has 2 heteroatoms. The summed E-state index contributed by atoms with van der Waals surface area (Å²) < 4.78 is 0. The lowest BCUT2D eigenvalue weighted by Crippen LogP contribution is -1.95. The van der Waals surface area contributed by atoms with Gasteiger partial charge in [0, 0.05) is 12.1 Å². The fourth-order valence-electron chi connectivity index (χ4n) is 0.912. The average Bonchev–Trinajstić information content (AvgIpc) is 2.15. The summed E-state index contributed by atoms with van der Waals surface area (Å²) in [5.74, 6) is 5.53. The zero-order valence-electron chi connectivity index (χ0n) is 7.62. The number of aliphatic hydroxyl groups excluding tert-OH is 1. The molecule has 1 rings (SSSR count). The lowest BCUT2D eigenvalue weighted by atomic mass is 10.1. The van der Waals surface area contributed by atoms with E-state index in [0.717, 1.165) is 11.1 Å². The number of rotatable bonds is 1. The van der Waals surface area contributed by atoms with Gasteiger partial charge in [-0.3, -0.25) is 0 Å². The summed E-state index contributed by atoms with van der Waals surface area (Å²) in [4.78, 5) is 0. The van der Waals surface area contributed by atoms with E-state index < -0.39 is 6.10 Å². The molecule has 0 aliphatic rings. The van der Waals surface area contributed by atoms with Crippen LogP contribution in [0.3, 0.4) is 0 Å². The number of hydrogen-bond donors (Lipinski definition) is 2. The van der Waals surface area contributed by atoms with Gasteiger partial charge >= 0.3 is 0 Å². The first-order valence-electron chi connectivity index (χ1n) is 4.21. The van der Waals surface area contributed by atoms with Crippen LogP contribution in [0.25, 0.3) is 0 Å². The van der Waals surface area contributed by atoms with E-state index in [2.05, 4.69) is 11.8 Å². The minimum atomic E-state index is -0.575. The summed E-state index contributed by atoms with van der Waals surface area (Å²) in [6.07, 6.45) is -0.575. The molecule has 68 valence electrons. The van der Waals surface area contributed by atoms with Crippen LogP contribution < -0.4 is 5.73 Å². The zero-order chi connectivity index (χ0) is 9.68. The van der Waals surface area contributed by atoms with Crippen LogP contribution in [0.1, 0.15) is 18.1 Å². The molecule has 0 aliphatic heterocycles. The van der Waals surface area contributed by atoms with E-state index >= 15 is 0 Å². The highest BCUT2D eigenvalue weighted by Gasteiger charge is 1.89. The number of nitrogens with two attached hydrogens (primary N) is 1. The second-order valence-electron chi connectivity index (χ2n) is 2.85. The minimum Gasteiger partial charge on any atom is -0.381 e. The van der Waals surface area contributed by atoms with Gasteiger partial charge in [-0.2, -0.15) is 0 Å². The SMILES string of the molecule is C[C@H](O)C#Cc1ccc(CN)cc1. The first-order valence-corrected chi connectivity index (χ1v) is 4.21. The van der Waals surface area contributed by atoms with Crippen LogP contribution in [0.4, 0.5) is 0 Å². The van der Waals surface area contributed by atoms with Gasteiger partial charge in [-0.1, -0.05) is 24.0 Å². The van der Waals surface area contributed by atoms with Gasteiger partial charge in [0.1, 0.15) is 6.10 Å². The smallest absolute Gasteiger partial charge is 0.112 e. The Morgan fingerprint density at radius 3 is 2.46 bits per heavy atom. The van der Waals surface area contributed by atoms with Crippen LogP contribution in [0.15, 0.2) is 24.3 Å². The summed E-state index contributed by atoms with van der Waals surface area (Å²) in [5, 5.41) is 8.92. The summed E-state index contributed by atoms with van der Waals surface area (Å²) in [7, 11) is 0. The molecular weight excluding hydrogens is 162 g/mol. The second kappa shape index (κ2) is 4.66. The van der Waals surface area contributed by atoms with Crippen molar-refractivity contribution in [1.29, 1.82) is 0 Å². The summed E-state index contributed by atoms with van der Waals surface area (Å²) >= 11 is 0. The molecule has 1 aromatic rings. The molecule has 0 spiro atoms. The topological polar surface area (TPSA) is 46.2 Å². The van der Waals surface area contributed by atoms with E-state index in [0.29, 0.717) is 6.54 Å². The molecule has 1 aromatic carbocycles. The molecule has 2 nitrogen and oxygen atoms in total. The van der Waals surface area contributed by atoms with Crippen LogP contribution in [0, 0.1) is 11.8 Å². The predicted octanol–water partition coefficient (Wildman–Crippen LogP) is 0.878.